The van der Waals surface area contributed by atoms with Gasteiger partial charge in [-0.2, -0.15) is 0 Å². The van der Waals surface area contributed by atoms with Crippen LogP contribution in [0.2, 0.25) is 5.02 Å². The van der Waals surface area contributed by atoms with Gasteiger partial charge in [-0.3, -0.25) is 4.79 Å². The molecule has 0 saturated carbocycles. The van der Waals surface area contributed by atoms with Crippen LogP contribution >= 0.6 is 27.5 Å². The summed E-state index contributed by atoms with van der Waals surface area (Å²) in [5.74, 6) is -0.108. The molecule has 2 rings (SSSR count). The molecule has 1 N–H and O–H groups in total. The third kappa shape index (κ3) is 4.09. The molecular weight excluding hydrogens is 338 g/mol. The first-order chi connectivity index (χ1) is 9.56. The molecule has 0 saturated heterocycles. The Labute approximate surface area is 132 Å². The molecule has 20 heavy (non-hydrogen) atoms. The minimum absolute atomic E-state index is 0.0623. The highest BCUT2D eigenvalue weighted by molar-refractivity contribution is 9.10. The van der Waals surface area contributed by atoms with Crippen molar-refractivity contribution >= 4 is 33.4 Å². The highest BCUT2D eigenvalue weighted by atomic mass is 79.9. The molecule has 0 radical (unpaired) electrons. The maximum absolute atomic E-state index is 12.1. The van der Waals surface area contributed by atoms with Crippen molar-refractivity contribution in [3.8, 4) is 0 Å². The Morgan fingerprint density at radius 1 is 1.25 bits per heavy atom. The highest BCUT2D eigenvalue weighted by Gasteiger charge is 2.11. The predicted octanol–water partition coefficient (Wildman–Crippen LogP) is 4.46. The molecule has 0 aliphatic heterocycles. The molecule has 0 aromatic heterocycles. The Balaban J connectivity index is 1.98. The van der Waals surface area contributed by atoms with E-state index in [4.69, 9.17) is 11.6 Å². The van der Waals surface area contributed by atoms with Gasteiger partial charge in [0, 0.05) is 16.1 Å². The lowest BCUT2D eigenvalue weighted by atomic mass is 10.1. The van der Waals surface area contributed by atoms with E-state index < -0.39 is 0 Å². The zero-order chi connectivity index (χ0) is 14.5. The lowest BCUT2D eigenvalue weighted by molar-refractivity contribution is 0.0940. The Morgan fingerprint density at radius 2 is 1.95 bits per heavy atom. The van der Waals surface area contributed by atoms with Gasteiger partial charge >= 0.3 is 0 Å². The van der Waals surface area contributed by atoms with Crippen LogP contribution in [0.1, 0.15) is 22.8 Å². The van der Waals surface area contributed by atoms with Gasteiger partial charge in [-0.1, -0.05) is 41.9 Å². The number of benzene rings is 2. The second-order valence-corrected chi connectivity index (χ2v) is 5.95. The molecule has 0 aliphatic rings. The van der Waals surface area contributed by atoms with Crippen LogP contribution in [-0.4, -0.2) is 11.9 Å². The molecule has 0 heterocycles. The van der Waals surface area contributed by atoms with Crippen LogP contribution in [0.4, 0.5) is 0 Å². The molecule has 104 valence electrons. The summed E-state index contributed by atoms with van der Waals surface area (Å²) in [5.41, 5.74) is 1.77. The lowest BCUT2D eigenvalue weighted by Crippen LogP contribution is -2.34. The molecule has 2 aromatic rings. The Hall–Kier alpha value is -1.32. The van der Waals surface area contributed by atoms with Crippen molar-refractivity contribution in [1.29, 1.82) is 0 Å². The third-order valence-corrected chi connectivity index (χ3v) is 4.18. The van der Waals surface area contributed by atoms with E-state index in [9.17, 15) is 4.79 Å². The van der Waals surface area contributed by atoms with E-state index >= 15 is 0 Å². The van der Waals surface area contributed by atoms with Gasteiger partial charge in [0.05, 0.1) is 5.02 Å². The topological polar surface area (TPSA) is 29.1 Å². The van der Waals surface area contributed by atoms with Gasteiger partial charge in [-0.05, 0) is 53.0 Å². The fraction of sp³-hybridized carbons (Fsp3) is 0.188. The average molecular weight is 353 g/mol. The van der Waals surface area contributed by atoms with Crippen molar-refractivity contribution in [3.63, 3.8) is 0 Å². The lowest BCUT2D eigenvalue weighted by Gasteiger charge is -2.14. The predicted molar refractivity (Wildman–Crippen MR) is 86.2 cm³/mol. The molecular formula is C16H15BrClNO. The fourth-order valence-electron chi connectivity index (χ4n) is 1.96. The Kier molecular flexibility index (Phi) is 5.21. The number of halogens is 2. The molecule has 2 nitrogen and oxygen atoms in total. The molecule has 1 atom stereocenters. The van der Waals surface area contributed by atoms with Gasteiger partial charge in [0.1, 0.15) is 0 Å². The van der Waals surface area contributed by atoms with Crippen molar-refractivity contribution in [2.75, 3.05) is 0 Å². The molecule has 0 aliphatic carbocycles. The van der Waals surface area contributed by atoms with Crippen LogP contribution in [-0.2, 0) is 6.42 Å². The maximum Gasteiger partial charge on any atom is 0.251 e. The Bertz CT molecular complexity index is 601. The second-order valence-electron chi connectivity index (χ2n) is 4.69. The first-order valence-electron chi connectivity index (χ1n) is 6.36. The minimum Gasteiger partial charge on any atom is -0.349 e. The van der Waals surface area contributed by atoms with E-state index in [1.807, 2.05) is 25.1 Å². The van der Waals surface area contributed by atoms with Gasteiger partial charge in [-0.25, -0.2) is 0 Å². The van der Waals surface area contributed by atoms with Crippen molar-refractivity contribution in [2.45, 2.75) is 19.4 Å². The van der Waals surface area contributed by atoms with Crippen LogP contribution < -0.4 is 5.32 Å². The molecule has 0 spiro atoms. The average Bonchev–Trinajstić information content (AvgIpc) is 2.42. The van der Waals surface area contributed by atoms with Crippen molar-refractivity contribution in [1.82, 2.24) is 5.32 Å². The van der Waals surface area contributed by atoms with E-state index in [-0.39, 0.29) is 11.9 Å². The molecule has 2 aromatic carbocycles. The fourth-order valence-corrected chi connectivity index (χ4v) is 2.39. The highest BCUT2D eigenvalue weighted by Crippen LogP contribution is 2.23. The van der Waals surface area contributed by atoms with E-state index in [1.165, 1.54) is 5.56 Å². The Morgan fingerprint density at radius 3 is 2.60 bits per heavy atom. The quantitative estimate of drug-likeness (QED) is 0.864. The zero-order valence-electron chi connectivity index (χ0n) is 11.1. The van der Waals surface area contributed by atoms with Gasteiger partial charge in [0.25, 0.3) is 5.91 Å². The molecule has 1 unspecified atom stereocenters. The van der Waals surface area contributed by atoms with Crippen LogP contribution in [0.5, 0.6) is 0 Å². The smallest absolute Gasteiger partial charge is 0.251 e. The summed E-state index contributed by atoms with van der Waals surface area (Å²) >= 11 is 9.31. The van der Waals surface area contributed by atoms with Crippen molar-refractivity contribution < 1.29 is 4.79 Å². The summed E-state index contributed by atoms with van der Waals surface area (Å²) in [5, 5.41) is 3.51. The maximum atomic E-state index is 12.1. The van der Waals surface area contributed by atoms with Crippen molar-refractivity contribution in [3.05, 3.63) is 69.2 Å². The number of carbonyl (C=O) groups excluding carboxylic acids is 1. The summed E-state index contributed by atoms with van der Waals surface area (Å²) in [6.45, 7) is 1.99. The van der Waals surface area contributed by atoms with Crippen LogP contribution in [0, 0.1) is 0 Å². The second kappa shape index (κ2) is 6.91. The van der Waals surface area contributed by atoms with E-state index in [1.54, 1.807) is 18.2 Å². The number of amides is 1. The first kappa shape index (κ1) is 15.1. The summed E-state index contributed by atoms with van der Waals surface area (Å²) in [6.07, 6.45) is 0.802. The SMILES string of the molecule is CC(Cc1ccccc1)NC(=O)c1ccc(Br)c(Cl)c1. The van der Waals surface area contributed by atoms with E-state index in [2.05, 4.69) is 33.4 Å². The molecule has 0 fully saturated rings. The first-order valence-corrected chi connectivity index (χ1v) is 7.53. The third-order valence-electron chi connectivity index (χ3n) is 2.94. The monoisotopic (exact) mass is 351 g/mol. The largest absolute Gasteiger partial charge is 0.349 e. The standard InChI is InChI=1S/C16H15BrClNO/c1-11(9-12-5-3-2-4-6-12)19-16(20)13-7-8-14(17)15(18)10-13/h2-8,10-11H,9H2,1H3,(H,19,20). The van der Waals surface area contributed by atoms with Gasteiger partial charge in [-0.15, -0.1) is 0 Å². The number of carbonyl (C=O) groups is 1. The van der Waals surface area contributed by atoms with Crippen LogP contribution in [0.15, 0.2) is 53.0 Å². The van der Waals surface area contributed by atoms with E-state index in [0.29, 0.717) is 10.6 Å². The van der Waals surface area contributed by atoms with Gasteiger partial charge < -0.3 is 5.32 Å². The zero-order valence-corrected chi connectivity index (χ0v) is 13.4. The summed E-state index contributed by atoms with van der Waals surface area (Å²) in [6, 6.07) is 15.3. The molecule has 0 bridgehead atoms. The number of nitrogens with one attached hydrogen (secondary N) is 1. The molecule has 1 amide bonds. The number of rotatable bonds is 4. The molecule has 4 heteroatoms. The number of hydrogen-bond donors (Lipinski definition) is 1. The normalized spacial score (nSPS) is 11.9. The van der Waals surface area contributed by atoms with Crippen molar-refractivity contribution in [2.24, 2.45) is 0 Å². The van der Waals surface area contributed by atoms with Gasteiger partial charge in [0.15, 0.2) is 0 Å². The number of hydrogen-bond acceptors (Lipinski definition) is 1. The minimum atomic E-state index is -0.108. The van der Waals surface area contributed by atoms with Gasteiger partial charge in [0.2, 0.25) is 0 Å². The summed E-state index contributed by atoms with van der Waals surface area (Å²) in [4.78, 5) is 12.1. The summed E-state index contributed by atoms with van der Waals surface area (Å²) < 4.78 is 0.785. The van der Waals surface area contributed by atoms with E-state index in [0.717, 1.165) is 10.9 Å². The summed E-state index contributed by atoms with van der Waals surface area (Å²) in [7, 11) is 0. The van der Waals surface area contributed by atoms with Crippen LogP contribution in [0.3, 0.4) is 0 Å². The van der Waals surface area contributed by atoms with Crippen LogP contribution in [0.25, 0.3) is 0 Å².